The largest absolute Gasteiger partial charge is 0.396 e. The Morgan fingerprint density at radius 3 is 2.78 bits per heavy atom. The first-order valence-electron chi connectivity index (χ1n) is 5.65. The average molecular weight is 249 g/mol. The number of nitrogens with one attached hydrogen (secondary N) is 1. The fraction of sp³-hybridized carbons (Fsp3) is 0.364. The molecule has 0 aromatic carbocycles. The molecular weight excluding hydrogens is 234 g/mol. The lowest BCUT2D eigenvalue weighted by Crippen LogP contribution is -2.58. The van der Waals surface area contributed by atoms with E-state index in [9.17, 15) is 9.59 Å². The Morgan fingerprint density at radius 1 is 1.44 bits per heavy atom. The fourth-order valence-electron chi connectivity index (χ4n) is 1.95. The summed E-state index contributed by atoms with van der Waals surface area (Å²) >= 11 is 0. The van der Waals surface area contributed by atoms with Crippen molar-refractivity contribution in [2.75, 3.05) is 22.9 Å². The van der Waals surface area contributed by atoms with Crippen LogP contribution in [0.5, 0.6) is 0 Å². The topological polar surface area (TPSA) is 114 Å². The van der Waals surface area contributed by atoms with E-state index in [1.165, 1.54) is 0 Å². The number of nitrogens with zero attached hydrogens (tertiary/aromatic N) is 2. The van der Waals surface area contributed by atoms with Crippen molar-refractivity contribution in [1.82, 2.24) is 10.3 Å². The number of hydrogen-bond donors (Lipinski definition) is 3. The van der Waals surface area contributed by atoms with Gasteiger partial charge in [0.2, 0.25) is 11.8 Å². The van der Waals surface area contributed by atoms with Crippen molar-refractivity contribution in [3.8, 4) is 0 Å². The molecule has 96 valence electrons. The Hall–Kier alpha value is -2.31. The molecule has 2 heterocycles. The highest BCUT2D eigenvalue weighted by Crippen LogP contribution is 2.22. The number of aromatic nitrogens is 1. The van der Waals surface area contributed by atoms with E-state index in [0.717, 1.165) is 0 Å². The number of pyridine rings is 1. The van der Waals surface area contributed by atoms with E-state index in [1.54, 1.807) is 17.0 Å². The van der Waals surface area contributed by atoms with Crippen LogP contribution in [0.4, 0.5) is 17.3 Å². The van der Waals surface area contributed by atoms with E-state index in [4.69, 9.17) is 11.5 Å². The number of imide groups is 1. The predicted molar refractivity (Wildman–Crippen MR) is 67.6 cm³/mol. The molecule has 1 unspecified atom stereocenters. The molecule has 7 heteroatoms. The second-order valence-electron chi connectivity index (χ2n) is 4.11. The third-order valence-corrected chi connectivity index (χ3v) is 2.88. The van der Waals surface area contributed by atoms with E-state index in [2.05, 4.69) is 10.3 Å². The van der Waals surface area contributed by atoms with Gasteiger partial charge in [-0.15, -0.1) is 0 Å². The van der Waals surface area contributed by atoms with Crippen molar-refractivity contribution in [2.24, 2.45) is 0 Å². The molecule has 18 heavy (non-hydrogen) atoms. The molecule has 1 fully saturated rings. The molecule has 5 N–H and O–H groups in total. The van der Waals surface area contributed by atoms with E-state index in [0.29, 0.717) is 17.9 Å². The van der Waals surface area contributed by atoms with Crippen molar-refractivity contribution in [2.45, 2.75) is 19.4 Å². The molecular formula is C11H15N5O2. The Labute approximate surface area is 104 Å². The number of nitrogen functional groups attached to an aromatic ring is 2. The maximum atomic E-state index is 11.7. The van der Waals surface area contributed by atoms with Crippen molar-refractivity contribution < 1.29 is 9.59 Å². The maximum Gasteiger partial charge on any atom is 0.249 e. The molecule has 0 spiro atoms. The molecule has 1 aliphatic rings. The zero-order valence-corrected chi connectivity index (χ0v) is 10.0. The summed E-state index contributed by atoms with van der Waals surface area (Å²) in [6.07, 6.45) is 0.574. The Bertz CT molecular complexity index is 502. The average Bonchev–Trinajstić information content (AvgIpc) is 2.32. The number of hydrogen-bond acceptors (Lipinski definition) is 6. The molecule has 2 rings (SSSR count). The Kier molecular flexibility index (Phi) is 3.05. The highest BCUT2D eigenvalue weighted by Gasteiger charge is 2.33. The number of nitrogens with two attached hydrogens (primary N) is 2. The molecule has 2 amide bonds. The lowest BCUT2D eigenvalue weighted by molar-refractivity contribution is -0.132. The van der Waals surface area contributed by atoms with Gasteiger partial charge in [-0.1, -0.05) is 6.92 Å². The second kappa shape index (κ2) is 4.52. The van der Waals surface area contributed by atoms with Crippen LogP contribution in [0.3, 0.4) is 0 Å². The van der Waals surface area contributed by atoms with Gasteiger partial charge in [0.15, 0.2) is 0 Å². The lowest BCUT2D eigenvalue weighted by Gasteiger charge is -2.34. The minimum absolute atomic E-state index is 0.0839. The molecule has 0 aliphatic carbocycles. The zero-order chi connectivity index (χ0) is 13.3. The molecule has 1 aromatic rings. The molecule has 0 bridgehead atoms. The minimum atomic E-state index is -0.418. The van der Waals surface area contributed by atoms with Crippen LogP contribution >= 0.6 is 0 Å². The van der Waals surface area contributed by atoms with Gasteiger partial charge in [0, 0.05) is 0 Å². The zero-order valence-electron chi connectivity index (χ0n) is 10.0. The molecule has 1 atom stereocenters. The highest BCUT2D eigenvalue weighted by molar-refractivity contribution is 6.04. The molecule has 1 aromatic heterocycles. The van der Waals surface area contributed by atoms with Gasteiger partial charge in [-0.2, -0.15) is 0 Å². The van der Waals surface area contributed by atoms with Crippen LogP contribution in [-0.4, -0.2) is 29.4 Å². The normalized spacial score (nSPS) is 19.8. The molecule has 1 saturated heterocycles. The van der Waals surface area contributed by atoms with Crippen LogP contribution in [0.15, 0.2) is 12.1 Å². The Balaban J connectivity index is 2.36. The number of rotatable bonds is 2. The molecule has 0 radical (unpaired) electrons. The number of carbonyl (C=O) groups excluding carboxylic acids is 2. The monoisotopic (exact) mass is 249 g/mol. The molecule has 0 saturated carbocycles. The first kappa shape index (κ1) is 12.2. The Morgan fingerprint density at radius 2 is 2.17 bits per heavy atom. The maximum absolute atomic E-state index is 11.7. The summed E-state index contributed by atoms with van der Waals surface area (Å²) in [5.41, 5.74) is 11.6. The van der Waals surface area contributed by atoms with E-state index in [-0.39, 0.29) is 24.2 Å². The van der Waals surface area contributed by atoms with Crippen molar-refractivity contribution in [3.05, 3.63) is 12.1 Å². The SMILES string of the molecule is CCC1C(=O)NC(=O)CN1c1ccc(N)c(N)n1. The number of anilines is 3. The van der Waals surface area contributed by atoms with Crippen molar-refractivity contribution >= 4 is 29.1 Å². The van der Waals surface area contributed by atoms with E-state index in [1.807, 2.05) is 6.92 Å². The van der Waals surface area contributed by atoms with Gasteiger partial charge in [-0.3, -0.25) is 14.9 Å². The smallest absolute Gasteiger partial charge is 0.249 e. The van der Waals surface area contributed by atoms with Gasteiger partial charge in [0.05, 0.1) is 12.2 Å². The van der Waals surface area contributed by atoms with Gasteiger partial charge in [-0.25, -0.2) is 4.98 Å². The number of carbonyl (C=O) groups is 2. The van der Waals surface area contributed by atoms with E-state index < -0.39 is 6.04 Å². The van der Waals surface area contributed by atoms with Crippen LogP contribution in [0.25, 0.3) is 0 Å². The summed E-state index contributed by atoms with van der Waals surface area (Å²) < 4.78 is 0. The number of piperazine rings is 1. The van der Waals surface area contributed by atoms with Crippen LogP contribution in [0, 0.1) is 0 Å². The van der Waals surface area contributed by atoms with Crippen LogP contribution in [0.2, 0.25) is 0 Å². The summed E-state index contributed by atoms with van der Waals surface area (Å²) in [4.78, 5) is 28.9. The van der Waals surface area contributed by atoms with Crippen LogP contribution < -0.4 is 21.7 Å². The van der Waals surface area contributed by atoms with Gasteiger partial charge in [0.1, 0.15) is 17.7 Å². The van der Waals surface area contributed by atoms with Gasteiger partial charge in [0.25, 0.3) is 0 Å². The highest BCUT2D eigenvalue weighted by atomic mass is 16.2. The third kappa shape index (κ3) is 2.06. The van der Waals surface area contributed by atoms with Crippen molar-refractivity contribution in [1.29, 1.82) is 0 Å². The van der Waals surface area contributed by atoms with Gasteiger partial charge < -0.3 is 16.4 Å². The number of amides is 2. The minimum Gasteiger partial charge on any atom is -0.396 e. The second-order valence-corrected chi connectivity index (χ2v) is 4.11. The summed E-state index contributed by atoms with van der Waals surface area (Å²) in [5, 5.41) is 2.30. The lowest BCUT2D eigenvalue weighted by atomic mass is 10.1. The van der Waals surface area contributed by atoms with Crippen molar-refractivity contribution in [3.63, 3.8) is 0 Å². The summed E-state index contributed by atoms with van der Waals surface area (Å²) in [6, 6.07) is 2.85. The summed E-state index contributed by atoms with van der Waals surface area (Å²) in [5.74, 6) is 0.0189. The molecule has 1 aliphatic heterocycles. The van der Waals surface area contributed by atoms with E-state index >= 15 is 0 Å². The summed E-state index contributed by atoms with van der Waals surface area (Å²) in [6.45, 7) is 1.95. The van der Waals surface area contributed by atoms with Crippen LogP contribution in [0.1, 0.15) is 13.3 Å². The first-order chi connectivity index (χ1) is 8.52. The predicted octanol–water partition coefficient (Wildman–Crippen LogP) is -0.513. The standard InChI is InChI=1S/C11H15N5O2/c1-2-7-11(18)15-9(17)5-16(7)8-4-3-6(12)10(13)14-8/h3-4,7H,2,5,12H2,1H3,(H2,13,14)(H,15,17,18). The fourth-order valence-corrected chi connectivity index (χ4v) is 1.95. The molecule has 7 nitrogen and oxygen atoms in total. The first-order valence-corrected chi connectivity index (χ1v) is 5.65. The van der Waals surface area contributed by atoms with Gasteiger partial charge >= 0.3 is 0 Å². The third-order valence-electron chi connectivity index (χ3n) is 2.88. The quantitative estimate of drug-likeness (QED) is 0.608. The van der Waals surface area contributed by atoms with Gasteiger partial charge in [-0.05, 0) is 18.6 Å². The van der Waals surface area contributed by atoms with Crippen LogP contribution in [-0.2, 0) is 9.59 Å². The summed E-state index contributed by atoms with van der Waals surface area (Å²) in [7, 11) is 0.